The zero-order valence-electron chi connectivity index (χ0n) is 14.4. The summed E-state index contributed by atoms with van der Waals surface area (Å²) < 4.78 is 5.43. The van der Waals surface area contributed by atoms with Gasteiger partial charge in [0.25, 0.3) is 5.91 Å². The maximum absolute atomic E-state index is 12.8. The lowest BCUT2D eigenvalue weighted by molar-refractivity contribution is -0.123. The second-order valence-corrected chi connectivity index (χ2v) is 6.53. The maximum atomic E-state index is 12.8. The molecule has 23 heavy (non-hydrogen) atoms. The number of likely N-dealkylation sites (tertiary alicyclic amines) is 1. The molecule has 2 rings (SSSR count). The highest BCUT2D eigenvalue weighted by Gasteiger charge is 2.27. The summed E-state index contributed by atoms with van der Waals surface area (Å²) in [4.78, 5) is 25.9. The molecule has 5 heteroatoms. The third kappa shape index (κ3) is 3.66. The first-order valence-electron chi connectivity index (χ1n) is 8.12. The number of nitrogens with zero attached hydrogens (tertiary/aromatic N) is 1. The number of ether oxygens (including phenoxy) is 1. The first-order chi connectivity index (χ1) is 10.8. The summed E-state index contributed by atoms with van der Waals surface area (Å²) in [7, 11) is 1.65. The standard InChI is InChI=1S/C18H26N2O3/c1-11(2)14-10-15(12(3)9-16(14)23-4)18(22)20-7-5-13(6-8-20)17(19)21/h9-11,13H,5-8H2,1-4H3,(H2,19,21). The lowest BCUT2D eigenvalue weighted by Gasteiger charge is -2.31. The highest BCUT2D eigenvalue weighted by atomic mass is 16.5. The number of primary amides is 1. The van der Waals surface area contributed by atoms with Crippen molar-refractivity contribution in [1.82, 2.24) is 4.90 Å². The second-order valence-electron chi connectivity index (χ2n) is 6.53. The maximum Gasteiger partial charge on any atom is 0.254 e. The molecule has 126 valence electrons. The number of hydrogen-bond donors (Lipinski definition) is 1. The summed E-state index contributed by atoms with van der Waals surface area (Å²) in [6.07, 6.45) is 1.29. The SMILES string of the molecule is COc1cc(C)c(C(=O)N2CCC(C(N)=O)CC2)cc1C(C)C. The van der Waals surface area contributed by atoms with Gasteiger partial charge in [-0.25, -0.2) is 0 Å². The molecule has 2 N–H and O–H groups in total. The molecule has 0 aliphatic carbocycles. The monoisotopic (exact) mass is 318 g/mol. The first kappa shape index (κ1) is 17.3. The lowest BCUT2D eigenvalue weighted by Crippen LogP contribution is -2.42. The van der Waals surface area contributed by atoms with E-state index in [0.717, 1.165) is 16.9 Å². The van der Waals surface area contributed by atoms with Gasteiger partial charge in [-0.15, -0.1) is 0 Å². The molecule has 1 aromatic carbocycles. The molecular weight excluding hydrogens is 292 g/mol. The molecule has 1 aliphatic rings. The van der Waals surface area contributed by atoms with Crippen LogP contribution < -0.4 is 10.5 Å². The van der Waals surface area contributed by atoms with Crippen LogP contribution in [0.25, 0.3) is 0 Å². The molecule has 0 saturated carbocycles. The van der Waals surface area contributed by atoms with Crippen molar-refractivity contribution in [3.8, 4) is 5.75 Å². The van der Waals surface area contributed by atoms with Crippen molar-refractivity contribution in [2.24, 2.45) is 11.7 Å². The minimum atomic E-state index is -0.264. The number of piperidine rings is 1. The third-order valence-electron chi connectivity index (χ3n) is 4.61. The van der Waals surface area contributed by atoms with Crippen molar-refractivity contribution >= 4 is 11.8 Å². The Hall–Kier alpha value is -2.04. The highest BCUT2D eigenvalue weighted by Crippen LogP contribution is 2.30. The van der Waals surface area contributed by atoms with Crippen molar-refractivity contribution in [2.45, 2.75) is 39.5 Å². The number of carbonyl (C=O) groups excluding carboxylic acids is 2. The third-order valence-corrected chi connectivity index (χ3v) is 4.61. The molecule has 2 amide bonds. The Bertz CT molecular complexity index is 603. The molecule has 1 heterocycles. The van der Waals surface area contributed by atoms with E-state index in [9.17, 15) is 9.59 Å². The number of methoxy groups -OCH3 is 1. The number of rotatable bonds is 4. The molecule has 0 atom stereocenters. The molecule has 5 nitrogen and oxygen atoms in total. The van der Waals surface area contributed by atoms with Gasteiger partial charge in [-0.05, 0) is 48.9 Å². The summed E-state index contributed by atoms with van der Waals surface area (Å²) in [5, 5.41) is 0. The van der Waals surface area contributed by atoms with E-state index in [1.165, 1.54) is 0 Å². The Labute approximate surface area is 137 Å². The molecular formula is C18H26N2O3. The van der Waals surface area contributed by atoms with Crippen molar-refractivity contribution in [3.63, 3.8) is 0 Å². The fraction of sp³-hybridized carbons (Fsp3) is 0.556. The fourth-order valence-electron chi connectivity index (χ4n) is 3.09. The summed E-state index contributed by atoms with van der Waals surface area (Å²) in [6.45, 7) is 7.25. The Kier molecular flexibility index (Phi) is 5.29. The van der Waals surface area contributed by atoms with Gasteiger partial charge in [-0.1, -0.05) is 13.8 Å². The molecule has 0 unspecified atom stereocenters. The number of benzene rings is 1. The normalized spacial score (nSPS) is 15.8. The van der Waals surface area contributed by atoms with Crippen LogP contribution >= 0.6 is 0 Å². The molecule has 0 aromatic heterocycles. The number of nitrogens with two attached hydrogens (primary N) is 1. The molecule has 0 radical (unpaired) electrons. The van der Waals surface area contributed by atoms with Crippen LogP contribution in [0.2, 0.25) is 0 Å². The van der Waals surface area contributed by atoms with Crippen LogP contribution in [0.15, 0.2) is 12.1 Å². The number of carbonyl (C=O) groups is 2. The Morgan fingerprint density at radius 1 is 1.26 bits per heavy atom. The molecule has 1 aromatic rings. The van der Waals surface area contributed by atoms with Crippen LogP contribution in [0.1, 0.15) is 54.1 Å². The van der Waals surface area contributed by atoms with Gasteiger partial charge in [-0.3, -0.25) is 9.59 Å². The van der Waals surface area contributed by atoms with E-state index < -0.39 is 0 Å². The van der Waals surface area contributed by atoms with Gasteiger partial charge in [0.1, 0.15) is 5.75 Å². The van der Waals surface area contributed by atoms with Crippen molar-refractivity contribution in [3.05, 3.63) is 28.8 Å². The van der Waals surface area contributed by atoms with Crippen LogP contribution in [0.3, 0.4) is 0 Å². The molecule has 1 saturated heterocycles. The van der Waals surface area contributed by atoms with Crippen LogP contribution in [0.5, 0.6) is 5.75 Å². The predicted molar refractivity (Wildman–Crippen MR) is 89.6 cm³/mol. The van der Waals surface area contributed by atoms with Crippen molar-refractivity contribution < 1.29 is 14.3 Å². The van der Waals surface area contributed by atoms with Gasteiger partial charge in [0.2, 0.25) is 5.91 Å². The van der Waals surface area contributed by atoms with E-state index in [-0.39, 0.29) is 23.7 Å². The van der Waals surface area contributed by atoms with Gasteiger partial charge in [-0.2, -0.15) is 0 Å². The predicted octanol–water partition coefficient (Wildman–Crippen LogP) is 2.46. The quantitative estimate of drug-likeness (QED) is 0.927. The second kappa shape index (κ2) is 7.02. The summed E-state index contributed by atoms with van der Waals surface area (Å²) in [5.74, 6) is 0.746. The van der Waals surface area contributed by atoms with E-state index in [1.807, 2.05) is 24.0 Å². The summed E-state index contributed by atoms with van der Waals surface area (Å²) in [6, 6.07) is 3.88. The van der Waals surface area contributed by atoms with E-state index in [4.69, 9.17) is 10.5 Å². The van der Waals surface area contributed by atoms with E-state index >= 15 is 0 Å². The number of hydrogen-bond acceptors (Lipinski definition) is 3. The number of aryl methyl sites for hydroxylation is 1. The molecule has 1 fully saturated rings. The van der Waals surface area contributed by atoms with Crippen LogP contribution in [-0.4, -0.2) is 36.9 Å². The zero-order valence-corrected chi connectivity index (χ0v) is 14.4. The minimum Gasteiger partial charge on any atom is -0.496 e. The van der Waals surface area contributed by atoms with E-state index in [0.29, 0.717) is 31.5 Å². The van der Waals surface area contributed by atoms with Crippen molar-refractivity contribution in [2.75, 3.05) is 20.2 Å². The van der Waals surface area contributed by atoms with Gasteiger partial charge in [0.05, 0.1) is 7.11 Å². The Morgan fingerprint density at radius 3 is 2.35 bits per heavy atom. The highest BCUT2D eigenvalue weighted by molar-refractivity contribution is 5.96. The van der Waals surface area contributed by atoms with Crippen LogP contribution in [-0.2, 0) is 4.79 Å². The molecule has 0 spiro atoms. The largest absolute Gasteiger partial charge is 0.496 e. The topological polar surface area (TPSA) is 72.6 Å². The van der Waals surface area contributed by atoms with Crippen molar-refractivity contribution in [1.29, 1.82) is 0 Å². The Balaban J connectivity index is 2.23. The van der Waals surface area contributed by atoms with Crippen LogP contribution in [0.4, 0.5) is 0 Å². The minimum absolute atomic E-state index is 0.0231. The lowest BCUT2D eigenvalue weighted by atomic mass is 9.93. The van der Waals surface area contributed by atoms with E-state index in [2.05, 4.69) is 13.8 Å². The fourth-order valence-corrected chi connectivity index (χ4v) is 3.09. The summed E-state index contributed by atoms with van der Waals surface area (Å²) >= 11 is 0. The summed E-state index contributed by atoms with van der Waals surface area (Å²) in [5.41, 5.74) is 8.01. The van der Waals surface area contributed by atoms with E-state index in [1.54, 1.807) is 7.11 Å². The first-order valence-corrected chi connectivity index (χ1v) is 8.12. The molecule has 1 aliphatic heterocycles. The zero-order chi connectivity index (χ0) is 17.1. The van der Waals surface area contributed by atoms with Gasteiger partial charge in [0.15, 0.2) is 0 Å². The van der Waals surface area contributed by atoms with Gasteiger partial charge >= 0.3 is 0 Å². The average molecular weight is 318 g/mol. The smallest absolute Gasteiger partial charge is 0.254 e. The average Bonchev–Trinajstić information content (AvgIpc) is 2.53. The molecule has 0 bridgehead atoms. The van der Waals surface area contributed by atoms with Gasteiger partial charge in [0, 0.05) is 24.6 Å². The van der Waals surface area contributed by atoms with Gasteiger partial charge < -0.3 is 15.4 Å². The Morgan fingerprint density at radius 2 is 1.87 bits per heavy atom. The van der Waals surface area contributed by atoms with Crippen LogP contribution in [0, 0.1) is 12.8 Å². The number of amides is 2.